The summed E-state index contributed by atoms with van der Waals surface area (Å²) in [6.07, 6.45) is -1.20. The van der Waals surface area contributed by atoms with Gasteiger partial charge in [-0.25, -0.2) is 9.18 Å². The lowest BCUT2D eigenvalue weighted by Crippen LogP contribution is -2.39. The number of nitrogens with one attached hydrogen (secondary N) is 2. The first-order chi connectivity index (χ1) is 8.86. The smallest absolute Gasteiger partial charge is 0.404 e. The van der Waals surface area contributed by atoms with Gasteiger partial charge in [0.1, 0.15) is 5.82 Å². The Balaban J connectivity index is 2.94. The Labute approximate surface area is 109 Å². The Kier molecular flexibility index (Phi) is 4.82. The normalized spacial score (nSPS) is 13.5. The molecular weight excluding hydrogens is 253 g/mol. The third-order valence-corrected chi connectivity index (χ3v) is 2.74. The van der Waals surface area contributed by atoms with Crippen LogP contribution in [0.2, 0.25) is 0 Å². The predicted molar refractivity (Wildman–Crippen MR) is 67.3 cm³/mol. The highest BCUT2D eigenvalue weighted by atomic mass is 19.1. The summed E-state index contributed by atoms with van der Waals surface area (Å²) in [5.74, 6) is -1.23. The molecule has 5 N–H and O–H groups in total. The standard InChI is InChI=1S/C12H16FN3O3/c1-6(16-12(18)19)10(14)7-3-4-8(9(13)5-7)11(17)15-2/h3-6,10,16H,14H2,1-2H3,(H,15,17)(H,18,19)/t6-,10-/m0/s1. The predicted octanol–water partition coefficient (Wildman–Crippen LogP) is 0.841. The van der Waals surface area contributed by atoms with Crippen LogP contribution in [0.25, 0.3) is 0 Å². The zero-order chi connectivity index (χ0) is 14.6. The average Bonchev–Trinajstić information content (AvgIpc) is 2.36. The van der Waals surface area contributed by atoms with E-state index in [1.54, 1.807) is 6.92 Å². The molecule has 6 nitrogen and oxygen atoms in total. The summed E-state index contributed by atoms with van der Waals surface area (Å²) < 4.78 is 13.7. The third kappa shape index (κ3) is 3.65. The zero-order valence-corrected chi connectivity index (χ0v) is 10.6. The molecule has 0 aliphatic rings. The van der Waals surface area contributed by atoms with Gasteiger partial charge in [-0.15, -0.1) is 0 Å². The molecular formula is C12H16FN3O3. The van der Waals surface area contributed by atoms with Gasteiger partial charge in [-0.05, 0) is 24.6 Å². The maximum Gasteiger partial charge on any atom is 0.404 e. The minimum Gasteiger partial charge on any atom is -0.465 e. The number of hydrogen-bond donors (Lipinski definition) is 4. The molecule has 0 aliphatic carbocycles. The number of carbonyl (C=O) groups is 2. The van der Waals surface area contributed by atoms with Gasteiger partial charge in [0.2, 0.25) is 0 Å². The van der Waals surface area contributed by atoms with Crippen molar-refractivity contribution in [3.63, 3.8) is 0 Å². The van der Waals surface area contributed by atoms with Gasteiger partial charge in [0.05, 0.1) is 11.6 Å². The van der Waals surface area contributed by atoms with Gasteiger partial charge in [0.15, 0.2) is 0 Å². The van der Waals surface area contributed by atoms with Gasteiger partial charge in [-0.3, -0.25) is 4.79 Å². The molecule has 19 heavy (non-hydrogen) atoms. The van der Waals surface area contributed by atoms with Crippen LogP contribution < -0.4 is 16.4 Å². The zero-order valence-electron chi connectivity index (χ0n) is 10.6. The summed E-state index contributed by atoms with van der Waals surface area (Å²) >= 11 is 0. The van der Waals surface area contributed by atoms with E-state index in [2.05, 4.69) is 10.6 Å². The minimum atomic E-state index is -1.20. The number of halogens is 1. The largest absolute Gasteiger partial charge is 0.465 e. The van der Waals surface area contributed by atoms with E-state index in [0.29, 0.717) is 5.56 Å². The van der Waals surface area contributed by atoms with Gasteiger partial charge in [-0.1, -0.05) is 6.07 Å². The van der Waals surface area contributed by atoms with Crippen molar-refractivity contribution in [3.8, 4) is 0 Å². The van der Waals surface area contributed by atoms with Crippen LogP contribution in [0.4, 0.5) is 9.18 Å². The molecule has 0 bridgehead atoms. The van der Waals surface area contributed by atoms with Crippen LogP contribution in [0.3, 0.4) is 0 Å². The number of carboxylic acid groups (broad SMARTS) is 1. The maximum atomic E-state index is 13.7. The van der Waals surface area contributed by atoms with Crippen LogP contribution in [0.1, 0.15) is 28.9 Å². The van der Waals surface area contributed by atoms with E-state index in [4.69, 9.17) is 10.8 Å². The Hall–Kier alpha value is -2.15. The summed E-state index contributed by atoms with van der Waals surface area (Å²) in [4.78, 5) is 21.8. The lowest BCUT2D eigenvalue weighted by Gasteiger charge is -2.20. The molecule has 104 valence electrons. The van der Waals surface area contributed by atoms with Gasteiger partial charge in [0, 0.05) is 13.1 Å². The average molecular weight is 269 g/mol. The number of rotatable bonds is 4. The first-order valence-electron chi connectivity index (χ1n) is 5.63. The number of amides is 2. The fourth-order valence-electron chi connectivity index (χ4n) is 1.63. The topological polar surface area (TPSA) is 104 Å². The molecule has 1 aromatic carbocycles. The maximum absolute atomic E-state index is 13.7. The summed E-state index contributed by atoms with van der Waals surface area (Å²) in [6, 6.07) is 2.66. The van der Waals surface area contributed by atoms with Crippen molar-refractivity contribution < 1.29 is 19.1 Å². The highest BCUT2D eigenvalue weighted by Crippen LogP contribution is 2.18. The quantitative estimate of drug-likeness (QED) is 0.650. The van der Waals surface area contributed by atoms with Crippen LogP contribution in [0.15, 0.2) is 18.2 Å². The summed E-state index contributed by atoms with van der Waals surface area (Å²) in [5, 5.41) is 13.1. The molecule has 2 atom stereocenters. The molecule has 7 heteroatoms. The van der Waals surface area contributed by atoms with Crippen LogP contribution in [0.5, 0.6) is 0 Å². The first kappa shape index (κ1) is 14.9. The second kappa shape index (κ2) is 6.14. The lowest BCUT2D eigenvalue weighted by atomic mass is 9.99. The highest BCUT2D eigenvalue weighted by Gasteiger charge is 2.19. The number of nitrogens with two attached hydrogens (primary N) is 1. The number of hydrogen-bond acceptors (Lipinski definition) is 3. The summed E-state index contributed by atoms with van der Waals surface area (Å²) in [7, 11) is 1.40. The minimum absolute atomic E-state index is 0.0858. The van der Waals surface area contributed by atoms with Crippen molar-refractivity contribution in [3.05, 3.63) is 35.1 Å². The van der Waals surface area contributed by atoms with Gasteiger partial charge < -0.3 is 21.5 Å². The number of carbonyl (C=O) groups excluding carboxylic acids is 1. The molecule has 0 saturated carbocycles. The fraction of sp³-hybridized carbons (Fsp3) is 0.333. The van der Waals surface area contributed by atoms with Gasteiger partial charge in [-0.2, -0.15) is 0 Å². The Bertz CT molecular complexity index is 493. The van der Waals surface area contributed by atoms with E-state index in [0.717, 1.165) is 6.07 Å². The molecule has 0 radical (unpaired) electrons. The van der Waals surface area contributed by atoms with E-state index in [-0.39, 0.29) is 5.56 Å². The third-order valence-electron chi connectivity index (χ3n) is 2.74. The van der Waals surface area contributed by atoms with Crippen LogP contribution in [0, 0.1) is 5.82 Å². The molecule has 0 fully saturated rings. The first-order valence-corrected chi connectivity index (χ1v) is 5.63. The number of benzene rings is 1. The van der Waals surface area contributed by atoms with E-state index in [9.17, 15) is 14.0 Å². The molecule has 0 saturated heterocycles. The SMILES string of the molecule is CNC(=O)c1ccc([C@@H](N)[C@H](C)NC(=O)O)cc1F. The fourth-order valence-corrected chi connectivity index (χ4v) is 1.63. The van der Waals surface area contributed by atoms with Gasteiger partial charge >= 0.3 is 6.09 Å². The monoisotopic (exact) mass is 269 g/mol. The van der Waals surface area contributed by atoms with E-state index < -0.39 is 29.9 Å². The Morgan fingerprint density at radius 2 is 2.05 bits per heavy atom. The van der Waals surface area contributed by atoms with Crippen molar-refractivity contribution in [2.24, 2.45) is 5.73 Å². The summed E-state index contributed by atoms with van der Waals surface area (Å²) in [6.45, 7) is 1.57. The van der Waals surface area contributed by atoms with Crippen molar-refractivity contribution in [1.29, 1.82) is 0 Å². The van der Waals surface area contributed by atoms with Gasteiger partial charge in [0.25, 0.3) is 5.91 Å². The molecule has 2 amide bonds. The van der Waals surface area contributed by atoms with Crippen molar-refractivity contribution in [2.75, 3.05) is 7.05 Å². The molecule has 0 spiro atoms. The van der Waals surface area contributed by atoms with E-state index >= 15 is 0 Å². The Morgan fingerprint density at radius 1 is 1.42 bits per heavy atom. The molecule has 0 aliphatic heterocycles. The molecule has 0 heterocycles. The van der Waals surface area contributed by atoms with E-state index in [1.807, 2.05) is 0 Å². The molecule has 0 aromatic heterocycles. The second-order valence-electron chi connectivity index (χ2n) is 4.08. The van der Waals surface area contributed by atoms with Crippen LogP contribution >= 0.6 is 0 Å². The summed E-state index contributed by atoms with van der Waals surface area (Å²) in [5.41, 5.74) is 6.14. The van der Waals surface area contributed by atoms with E-state index in [1.165, 1.54) is 19.2 Å². The second-order valence-corrected chi connectivity index (χ2v) is 4.08. The van der Waals surface area contributed by atoms with Crippen molar-refractivity contribution in [1.82, 2.24) is 10.6 Å². The Morgan fingerprint density at radius 3 is 2.53 bits per heavy atom. The lowest BCUT2D eigenvalue weighted by molar-refractivity contribution is 0.0959. The van der Waals surface area contributed by atoms with Crippen molar-refractivity contribution >= 4 is 12.0 Å². The van der Waals surface area contributed by atoms with Crippen LogP contribution in [-0.4, -0.2) is 30.2 Å². The highest BCUT2D eigenvalue weighted by molar-refractivity contribution is 5.94. The molecule has 1 aromatic rings. The van der Waals surface area contributed by atoms with Crippen molar-refractivity contribution in [2.45, 2.75) is 19.0 Å². The van der Waals surface area contributed by atoms with Crippen LogP contribution in [-0.2, 0) is 0 Å². The molecule has 1 rings (SSSR count). The molecule has 0 unspecified atom stereocenters.